The SMILES string of the molecule is COC1(C)CN(C(=O)NC(C)C)C1. The van der Waals surface area contributed by atoms with E-state index >= 15 is 0 Å². The third kappa shape index (κ3) is 2.34. The number of nitrogens with zero attached hydrogens (tertiary/aromatic N) is 1. The third-order valence-corrected chi connectivity index (χ3v) is 2.24. The van der Waals surface area contributed by atoms with Crippen LogP contribution in [-0.2, 0) is 4.74 Å². The fourth-order valence-electron chi connectivity index (χ4n) is 1.37. The Morgan fingerprint density at radius 3 is 2.46 bits per heavy atom. The monoisotopic (exact) mass is 186 g/mol. The van der Waals surface area contributed by atoms with Gasteiger partial charge in [-0.3, -0.25) is 0 Å². The van der Waals surface area contributed by atoms with Crippen LogP contribution in [0.2, 0.25) is 0 Å². The number of nitrogens with one attached hydrogen (secondary N) is 1. The second-order valence-corrected chi connectivity index (χ2v) is 4.11. The van der Waals surface area contributed by atoms with E-state index in [1.54, 1.807) is 12.0 Å². The predicted molar refractivity (Wildman–Crippen MR) is 50.7 cm³/mol. The van der Waals surface area contributed by atoms with Crippen LogP contribution in [-0.4, -0.2) is 42.8 Å². The molecular weight excluding hydrogens is 168 g/mol. The van der Waals surface area contributed by atoms with Gasteiger partial charge in [0.05, 0.1) is 13.1 Å². The lowest BCUT2D eigenvalue weighted by molar-refractivity contribution is -0.0911. The van der Waals surface area contributed by atoms with Gasteiger partial charge >= 0.3 is 6.03 Å². The molecule has 4 heteroatoms. The Morgan fingerprint density at radius 1 is 1.54 bits per heavy atom. The molecule has 4 nitrogen and oxygen atoms in total. The number of carbonyl (C=O) groups excluding carboxylic acids is 1. The largest absolute Gasteiger partial charge is 0.375 e. The molecule has 1 fully saturated rings. The molecule has 0 aliphatic carbocycles. The number of hydrogen-bond acceptors (Lipinski definition) is 2. The molecule has 1 heterocycles. The maximum absolute atomic E-state index is 11.4. The fourth-order valence-corrected chi connectivity index (χ4v) is 1.37. The van der Waals surface area contributed by atoms with Crippen molar-refractivity contribution in [3.05, 3.63) is 0 Å². The lowest BCUT2D eigenvalue weighted by atomic mass is 9.97. The van der Waals surface area contributed by atoms with E-state index in [1.807, 2.05) is 20.8 Å². The summed E-state index contributed by atoms with van der Waals surface area (Å²) < 4.78 is 5.24. The van der Waals surface area contributed by atoms with Crippen molar-refractivity contribution in [3.63, 3.8) is 0 Å². The third-order valence-electron chi connectivity index (χ3n) is 2.24. The average Bonchev–Trinajstić information content (AvgIpc) is 1.97. The van der Waals surface area contributed by atoms with E-state index in [0.29, 0.717) is 13.1 Å². The molecule has 0 spiro atoms. The standard InChI is InChI=1S/C9H18N2O2/c1-7(2)10-8(12)11-5-9(3,6-11)13-4/h7H,5-6H2,1-4H3,(H,10,12). The zero-order chi connectivity index (χ0) is 10.1. The molecule has 1 saturated heterocycles. The first kappa shape index (κ1) is 10.3. The molecule has 0 aromatic carbocycles. The normalized spacial score (nSPS) is 19.9. The summed E-state index contributed by atoms with van der Waals surface area (Å²) in [6.07, 6.45) is 0. The molecule has 2 amide bonds. The van der Waals surface area contributed by atoms with E-state index < -0.39 is 0 Å². The molecule has 1 aliphatic rings. The van der Waals surface area contributed by atoms with Crippen molar-refractivity contribution in [3.8, 4) is 0 Å². The van der Waals surface area contributed by atoms with Crippen LogP contribution in [0.1, 0.15) is 20.8 Å². The molecule has 0 aromatic rings. The van der Waals surface area contributed by atoms with E-state index in [4.69, 9.17) is 4.74 Å². The van der Waals surface area contributed by atoms with E-state index in [1.165, 1.54) is 0 Å². The number of rotatable bonds is 2. The molecule has 1 N–H and O–H groups in total. The molecule has 0 aromatic heterocycles. The minimum atomic E-state index is -0.131. The van der Waals surface area contributed by atoms with Gasteiger partial charge in [-0.1, -0.05) is 0 Å². The van der Waals surface area contributed by atoms with Gasteiger partial charge in [-0.2, -0.15) is 0 Å². The highest BCUT2D eigenvalue weighted by Crippen LogP contribution is 2.23. The maximum atomic E-state index is 11.4. The highest BCUT2D eigenvalue weighted by atomic mass is 16.5. The molecular formula is C9H18N2O2. The fraction of sp³-hybridized carbons (Fsp3) is 0.889. The number of methoxy groups -OCH3 is 1. The molecule has 0 unspecified atom stereocenters. The highest BCUT2D eigenvalue weighted by molar-refractivity contribution is 5.75. The lowest BCUT2D eigenvalue weighted by Crippen LogP contribution is -2.65. The van der Waals surface area contributed by atoms with Crippen LogP contribution in [0.4, 0.5) is 4.79 Å². The van der Waals surface area contributed by atoms with E-state index in [-0.39, 0.29) is 17.7 Å². The zero-order valence-corrected chi connectivity index (χ0v) is 8.76. The first-order valence-electron chi connectivity index (χ1n) is 4.57. The second kappa shape index (κ2) is 3.54. The molecule has 0 radical (unpaired) electrons. The number of urea groups is 1. The quantitative estimate of drug-likeness (QED) is 0.694. The van der Waals surface area contributed by atoms with Crippen LogP contribution in [0, 0.1) is 0 Å². The van der Waals surface area contributed by atoms with Crippen molar-refractivity contribution < 1.29 is 9.53 Å². The first-order chi connectivity index (χ1) is 5.97. The Balaban J connectivity index is 2.31. The van der Waals surface area contributed by atoms with Crippen LogP contribution in [0.3, 0.4) is 0 Å². The van der Waals surface area contributed by atoms with Crippen LogP contribution in [0.5, 0.6) is 0 Å². The van der Waals surface area contributed by atoms with Gasteiger partial charge in [0.15, 0.2) is 0 Å². The Hall–Kier alpha value is -0.770. The average molecular weight is 186 g/mol. The van der Waals surface area contributed by atoms with E-state index in [2.05, 4.69) is 5.32 Å². The summed E-state index contributed by atoms with van der Waals surface area (Å²) in [6, 6.07) is 0.200. The summed E-state index contributed by atoms with van der Waals surface area (Å²) in [7, 11) is 1.68. The molecule has 0 saturated carbocycles. The Labute approximate surface area is 79.2 Å². The van der Waals surface area contributed by atoms with Crippen molar-refractivity contribution >= 4 is 6.03 Å². The smallest absolute Gasteiger partial charge is 0.317 e. The van der Waals surface area contributed by atoms with Crippen molar-refractivity contribution in [1.82, 2.24) is 10.2 Å². The number of carbonyl (C=O) groups is 1. The first-order valence-corrected chi connectivity index (χ1v) is 4.57. The molecule has 76 valence electrons. The summed E-state index contributed by atoms with van der Waals surface area (Å²) in [5.41, 5.74) is -0.131. The highest BCUT2D eigenvalue weighted by Gasteiger charge is 2.41. The van der Waals surface area contributed by atoms with Gasteiger partial charge < -0.3 is 15.0 Å². The lowest BCUT2D eigenvalue weighted by Gasteiger charge is -2.46. The second-order valence-electron chi connectivity index (χ2n) is 4.11. The number of ether oxygens (including phenoxy) is 1. The van der Waals surface area contributed by atoms with Crippen LogP contribution in [0.25, 0.3) is 0 Å². The number of hydrogen-bond donors (Lipinski definition) is 1. The van der Waals surface area contributed by atoms with E-state index in [9.17, 15) is 4.79 Å². The Bertz CT molecular complexity index is 198. The van der Waals surface area contributed by atoms with Crippen LogP contribution < -0.4 is 5.32 Å². The Kier molecular flexibility index (Phi) is 2.81. The van der Waals surface area contributed by atoms with E-state index in [0.717, 1.165) is 0 Å². The van der Waals surface area contributed by atoms with Gasteiger partial charge in [0, 0.05) is 13.2 Å². The summed E-state index contributed by atoms with van der Waals surface area (Å²) in [4.78, 5) is 13.2. The van der Waals surface area contributed by atoms with Crippen LogP contribution >= 0.6 is 0 Å². The van der Waals surface area contributed by atoms with Crippen molar-refractivity contribution in [2.75, 3.05) is 20.2 Å². The van der Waals surface area contributed by atoms with Gasteiger partial charge in [-0.05, 0) is 20.8 Å². The molecule has 1 aliphatic heterocycles. The topological polar surface area (TPSA) is 41.6 Å². The van der Waals surface area contributed by atoms with Gasteiger partial charge in [0.1, 0.15) is 5.60 Å². The zero-order valence-electron chi connectivity index (χ0n) is 8.76. The van der Waals surface area contributed by atoms with Crippen molar-refractivity contribution in [2.24, 2.45) is 0 Å². The van der Waals surface area contributed by atoms with Crippen LogP contribution in [0.15, 0.2) is 0 Å². The summed E-state index contributed by atoms with van der Waals surface area (Å²) >= 11 is 0. The van der Waals surface area contributed by atoms with Gasteiger partial charge in [-0.25, -0.2) is 4.79 Å². The van der Waals surface area contributed by atoms with Crippen molar-refractivity contribution in [2.45, 2.75) is 32.4 Å². The maximum Gasteiger partial charge on any atom is 0.317 e. The number of amides is 2. The van der Waals surface area contributed by atoms with Gasteiger partial charge in [0.2, 0.25) is 0 Å². The number of likely N-dealkylation sites (tertiary alicyclic amines) is 1. The summed E-state index contributed by atoms with van der Waals surface area (Å²) in [5, 5.41) is 2.84. The predicted octanol–water partition coefficient (Wildman–Crippen LogP) is 0.825. The summed E-state index contributed by atoms with van der Waals surface area (Å²) in [5.74, 6) is 0. The van der Waals surface area contributed by atoms with Gasteiger partial charge in [0.25, 0.3) is 0 Å². The van der Waals surface area contributed by atoms with Gasteiger partial charge in [-0.15, -0.1) is 0 Å². The molecule has 0 atom stereocenters. The molecule has 1 rings (SSSR count). The van der Waals surface area contributed by atoms with Crippen molar-refractivity contribution in [1.29, 1.82) is 0 Å². The Morgan fingerprint density at radius 2 is 2.08 bits per heavy atom. The molecule has 0 bridgehead atoms. The minimum Gasteiger partial charge on any atom is -0.375 e. The molecule has 13 heavy (non-hydrogen) atoms. The minimum absolute atomic E-state index is 0.00419. The summed E-state index contributed by atoms with van der Waals surface area (Å²) in [6.45, 7) is 7.27.